The van der Waals surface area contributed by atoms with Crippen LogP contribution in [-0.4, -0.2) is 27.4 Å². The van der Waals surface area contributed by atoms with Crippen molar-refractivity contribution in [2.45, 2.75) is 39.2 Å². The molecule has 1 atom stereocenters. The molecule has 168 valence electrons. The fourth-order valence-electron chi connectivity index (χ4n) is 4.00. The number of para-hydroxylation sites is 2. The van der Waals surface area contributed by atoms with Gasteiger partial charge in [-0.15, -0.1) is 0 Å². The Morgan fingerprint density at radius 3 is 2.33 bits per heavy atom. The number of hydrogen-bond acceptors (Lipinski definition) is 3. The molecule has 0 aliphatic carbocycles. The minimum absolute atomic E-state index is 0.105. The van der Waals surface area contributed by atoms with Gasteiger partial charge in [0.2, 0.25) is 0 Å². The molecule has 0 aliphatic rings. The van der Waals surface area contributed by atoms with E-state index in [1.807, 2.05) is 79.7 Å². The van der Waals surface area contributed by atoms with Gasteiger partial charge in [-0.2, -0.15) is 0 Å². The lowest BCUT2D eigenvalue weighted by Gasteiger charge is -2.27. The van der Waals surface area contributed by atoms with E-state index in [1.54, 1.807) is 22.6 Å². The number of hydrogen-bond donors (Lipinski definition) is 0. The van der Waals surface area contributed by atoms with E-state index in [0.29, 0.717) is 22.3 Å². The molecule has 5 nitrogen and oxygen atoms in total. The van der Waals surface area contributed by atoms with Crippen molar-refractivity contribution in [2.75, 3.05) is 7.05 Å². The molecule has 1 aromatic heterocycles. The summed E-state index contributed by atoms with van der Waals surface area (Å²) < 4.78 is 1.62. The average Bonchev–Trinajstić information content (AvgIpc) is 2.87. The maximum atomic E-state index is 13.5. The summed E-state index contributed by atoms with van der Waals surface area (Å²) in [5.74, 6) is 0.423. The monoisotopic (exact) mass is 439 g/mol. The van der Waals surface area contributed by atoms with Crippen molar-refractivity contribution < 1.29 is 4.79 Å². The van der Waals surface area contributed by atoms with Gasteiger partial charge in [0.05, 0.1) is 22.6 Å². The third-order valence-corrected chi connectivity index (χ3v) is 6.11. The number of aromatic nitrogens is 2. The van der Waals surface area contributed by atoms with Crippen molar-refractivity contribution in [3.63, 3.8) is 0 Å². The van der Waals surface area contributed by atoms with Crippen molar-refractivity contribution in [3.05, 3.63) is 106 Å². The van der Waals surface area contributed by atoms with Gasteiger partial charge in [-0.1, -0.05) is 55.8 Å². The van der Waals surface area contributed by atoms with Crippen molar-refractivity contribution in [1.29, 1.82) is 0 Å². The Bertz CT molecular complexity index is 1310. The van der Waals surface area contributed by atoms with E-state index in [0.717, 1.165) is 24.9 Å². The van der Waals surface area contributed by atoms with Crippen molar-refractivity contribution in [3.8, 4) is 5.69 Å². The zero-order valence-electron chi connectivity index (χ0n) is 19.4. The van der Waals surface area contributed by atoms with Crippen molar-refractivity contribution >= 4 is 16.8 Å². The van der Waals surface area contributed by atoms with Crippen LogP contribution in [0.3, 0.4) is 0 Å². The third-order valence-electron chi connectivity index (χ3n) is 6.11. The highest BCUT2D eigenvalue weighted by atomic mass is 16.2. The second-order valence-electron chi connectivity index (χ2n) is 8.36. The van der Waals surface area contributed by atoms with Crippen LogP contribution in [0, 0.1) is 0 Å². The minimum atomic E-state index is -0.421. The first-order chi connectivity index (χ1) is 16.0. The molecule has 33 heavy (non-hydrogen) atoms. The molecule has 0 saturated heterocycles. The fourth-order valence-corrected chi connectivity index (χ4v) is 4.00. The predicted octanol–water partition coefficient (Wildman–Crippen LogP) is 5.56. The first-order valence-electron chi connectivity index (χ1n) is 11.4. The molecule has 0 saturated carbocycles. The van der Waals surface area contributed by atoms with Gasteiger partial charge in [-0.3, -0.25) is 14.2 Å². The number of carbonyl (C=O) groups is 1. The second-order valence-corrected chi connectivity index (χ2v) is 8.36. The topological polar surface area (TPSA) is 55.2 Å². The lowest BCUT2D eigenvalue weighted by molar-refractivity contribution is 0.0735. The summed E-state index contributed by atoms with van der Waals surface area (Å²) in [5, 5.41) is 0.550. The van der Waals surface area contributed by atoms with E-state index in [1.165, 1.54) is 5.56 Å². The average molecular weight is 440 g/mol. The number of carbonyl (C=O) groups excluding carboxylic acids is 1. The van der Waals surface area contributed by atoms with E-state index in [-0.39, 0.29) is 11.5 Å². The molecule has 3 aromatic carbocycles. The number of amides is 1. The molecule has 1 amide bonds. The summed E-state index contributed by atoms with van der Waals surface area (Å²) in [6, 6.07) is 24.2. The zero-order valence-corrected chi connectivity index (χ0v) is 19.4. The van der Waals surface area contributed by atoms with Crippen LogP contribution in [0.25, 0.3) is 16.6 Å². The van der Waals surface area contributed by atoms with E-state index in [4.69, 9.17) is 4.98 Å². The molecule has 0 N–H and O–H groups in total. The van der Waals surface area contributed by atoms with Gasteiger partial charge in [0.15, 0.2) is 0 Å². The second kappa shape index (κ2) is 9.82. The summed E-state index contributed by atoms with van der Waals surface area (Å²) >= 11 is 0. The molecule has 0 bridgehead atoms. The molecule has 0 fully saturated rings. The van der Waals surface area contributed by atoms with Crippen LogP contribution in [0.2, 0.25) is 0 Å². The summed E-state index contributed by atoms with van der Waals surface area (Å²) in [6.45, 7) is 4.08. The van der Waals surface area contributed by atoms with Gasteiger partial charge in [-0.25, -0.2) is 4.98 Å². The molecule has 1 unspecified atom stereocenters. The van der Waals surface area contributed by atoms with Crippen LogP contribution in [0.5, 0.6) is 0 Å². The number of aryl methyl sites for hydroxylation is 1. The molecule has 0 spiro atoms. The van der Waals surface area contributed by atoms with E-state index < -0.39 is 6.04 Å². The van der Waals surface area contributed by atoms with Crippen LogP contribution in [-0.2, 0) is 6.42 Å². The fraction of sp³-hybridized carbons (Fsp3) is 0.250. The van der Waals surface area contributed by atoms with Crippen LogP contribution in [0.4, 0.5) is 0 Å². The van der Waals surface area contributed by atoms with Gasteiger partial charge in [0, 0.05) is 12.6 Å². The Balaban J connectivity index is 1.73. The van der Waals surface area contributed by atoms with Gasteiger partial charge in [0.1, 0.15) is 5.82 Å². The normalized spacial score (nSPS) is 12.0. The number of benzene rings is 3. The van der Waals surface area contributed by atoms with Gasteiger partial charge in [-0.05, 0) is 61.7 Å². The molecular formula is C28H29N3O2. The summed E-state index contributed by atoms with van der Waals surface area (Å²) in [5.41, 5.74) is 3.06. The Labute approximate surface area is 194 Å². The maximum absolute atomic E-state index is 13.5. The Morgan fingerprint density at radius 2 is 1.64 bits per heavy atom. The van der Waals surface area contributed by atoms with E-state index in [2.05, 4.69) is 6.92 Å². The largest absolute Gasteiger partial charge is 0.332 e. The predicted molar refractivity (Wildman–Crippen MR) is 133 cm³/mol. The van der Waals surface area contributed by atoms with Gasteiger partial charge >= 0.3 is 0 Å². The van der Waals surface area contributed by atoms with Gasteiger partial charge < -0.3 is 4.90 Å². The Hall–Kier alpha value is -3.73. The maximum Gasteiger partial charge on any atom is 0.266 e. The van der Waals surface area contributed by atoms with Crippen molar-refractivity contribution in [2.24, 2.45) is 0 Å². The first kappa shape index (κ1) is 22.5. The highest BCUT2D eigenvalue weighted by Crippen LogP contribution is 2.23. The van der Waals surface area contributed by atoms with Crippen LogP contribution in [0.1, 0.15) is 54.5 Å². The smallest absolute Gasteiger partial charge is 0.266 e. The first-order valence-corrected chi connectivity index (χ1v) is 11.4. The number of nitrogens with zero attached hydrogens (tertiary/aromatic N) is 3. The molecular weight excluding hydrogens is 410 g/mol. The highest BCUT2D eigenvalue weighted by molar-refractivity contribution is 5.94. The lowest BCUT2D eigenvalue weighted by atomic mass is 10.1. The molecule has 0 radical (unpaired) electrons. The third kappa shape index (κ3) is 4.58. The number of unbranched alkanes of at least 4 members (excludes halogenated alkanes) is 1. The molecule has 4 aromatic rings. The molecule has 0 aliphatic heterocycles. The van der Waals surface area contributed by atoms with Crippen LogP contribution < -0.4 is 5.56 Å². The van der Waals surface area contributed by atoms with Crippen LogP contribution >= 0.6 is 0 Å². The highest BCUT2D eigenvalue weighted by Gasteiger charge is 2.25. The summed E-state index contributed by atoms with van der Waals surface area (Å²) in [6.07, 6.45) is 3.29. The number of rotatable bonds is 7. The molecule has 1 heterocycles. The Morgan fingerprint density at radius 1 is 0.970 bits per heavy atom. The van der Waals surface area contributed by atoms with Crippen LogP contribution in [0.15, 0.2) is 83.7 Å². The Kier molecular flexibility index (Phi) is 6.68. The molecule has 5 heteroatoms. The minimum Gasteiger partial charge on any atom is -0.332 e. The van der Waals surface area contributed by atoms with E-state index >= 15 is 0 Å². The summed E-state index contributed by atoms with van der Waals surface area (Å²) in [7, 11) is 1.76. The van der Waals surface area contributed by atoms with Gasteiger partial charge in [0.25, 0.3) is 11.5 Å². The zero-order chi connectivity index (χ0) is 23.4. The number of fused-ring (bicyclic) bond motifs is 1. The summed E-state index contributed by atoms with van der Waals surface area (Å²) in [4.78, 5) is 33.2. The SMILES string of the molecule is CCCCc1ccc(C(=O)N(C)C(C)c2nc3ccccc3c(=O)n2-c2ccccc2)cc1. The lowest BCUT2D eigenvalue weighted by Crippen LogP contribution is -2.34. The standard InChI is InChI=1S/C28H29N3O2/c1-4-5-11-21-16-18-22(19-17-21)27(32)30(3)20(2)26-29-25-15-10-9-14-24(25)28(33)31(26)23-12-7-6-8-13-23/h6-10,12-20H,4-5,11H2,1-3H3. The van der Waals surface area contributed by atoms with E-state index in [9.17, 15) is 9.59 Å². The molecule has 4 rings (SSSR count). The van der Waals surface area contributed by atoms with Crippen molar-refractivity contribution in [1.82, 2.24) is 14.5 Å². The quantitative estimate of drug-likeness (QED) is 0.379.